The average molecular weight is 435 g/mol. The molecule has 0 unspecified atom stereocenters. The summed E-state index contributed by atoms with van der Waals surface area (Å²) in [6.45, 7) is 0.0665. The topological polar surface area (TPSA) is 96.6 Å². The summed E-state index contributed by atoms with van der Waals surface area (Å²) in [5, 5.41) is 4.46. The third kappa shape index (κ3) is 4.64. The molecule has 1 amide bonds. The zero-order valence-corrected chi connectivity index (χ0v) is 17.6. The molecule has 0 aliphatic heterocycles. The Bertz CT molecular complexity index is 1140. The number of carbonyl (C=O) groups is 1. The van der Waals surface area contributed by atoms with Crippen LogP contribution < -0.4 is 0 Å². The molecule has 29 heavy (non-hydrogen) atoms. The minimum absolute atomic E-state index is 0.0442. The van der Waals surface area contributed by atoms with Gasteiger partial charge >= 0.3 is 0 Å². The smallest absolute Gasteiger partial charge is 0.254 e. The number of rotatable bonds is 6. The highest BCUT2D eigenvalue weighted by atomic mass is 35.5. The Morgan fingerprint density at radius 3 is 2.52 bits per heavy atom. The van der Waals surface area contributed by atoms with Gasteiger partial charge in [0.25, 0.3) is 5.91 Å². The lowest BCUT2D eigenvalue weighted by Gasteiger charge is -2.16. The van der Waals surface area contributed by atoms with Gasteiger partial charge in [0.15, 0.2) is 0 Å². The van der Waals surface area contributed by atoms with E-state index in [0.29, 0.717) is 16.4 Å². The first-order chi connectivity index (χ1) is 13.7. The van der Waals surface area contributed by atoms with Crippen LogP contribution in [0.2, 0.25) is 5.02 Å². The van der Waals surface area contributed by atoms with Gasteiger partial charge in [-0.2, -0.15) is 4.98 Å². The van der Waals surface area contributed by atoms with Crippen molar-refractivity contribution < 1.29 is 17.7 Å². The molecule has 0 N–H and O–H groups in total. The number of hydrogen-bond acceptors (Lipinski definition) is 6. The van der Waals surface area contributed by atoms with E-state index in [2.05, 4.69) is 10.1 Å². The Kier molecular flexibility index (Phi) is 6.02. The minimum atomic E-state index is -3.64. The number of hydrogen-bond donors (Lipinski definition) is 0. The highest BCUT2D eigenvalue weighted by Gasteiger charge is 2.21. The molecule has 1 aromatic heterocycles. The molecule has 0 fully saturated rings. The second-order valence-corrected chi connectivity index (χ2v) is 9.09. The van der Waals surface area contributed by atoms with Crippen LogP contribution in [0.3, 0.4) is 0 Å². The molecule has 3 rings (SSSR count). The lowest BCUT2D eigenvalue weighted by molar-refractivity contribution is 0.0769. The zero-order valence-electron chi connectivity index (χ0n) is 16.0. The molecule has 1 heterocycles. The number of halogens is 1. The van der Waals surface area contributed by atoms with E-state index in [1.165, 1.54) is 37.2 Å². The largest absolute Gasteiger partial charge is 0.337 e. The molecule has 0 radical (unpaired) electrons. The van der Waals surface area contributed by atoms with Crippen molar-refractivity contribution in [1.82, 2.24) is 19.3 Å². The van der Waals surface area contributed by atoms with Crippen LogP contribution in [-0.2, 0) is 16.6 Å². The van der Waals surface area contributed by atoms with Crippen molar-refractivity contribution in [2.45, 2.75) is 11.4 Å². The maximum atomic E-state index is 12.7. The van der Waals surface area contributed by atoms with Crippen molar-refractivity contribution in [3.63, 3.8) is 0 Å². The molecule has 152 valence electrons. The number of nitrogens with zero attached hydrogens (tertiary/aromatic N) is 4. The molecule has 8 nitrogen and oxygen atoms in total. The summed E-state index contributed by atoms with van der Waals surface area (Å²) >= 11 is 5.97. The van der Waals surface area contributed by atoms with E-state index in [1.807, 2.05) is 0 Å². The molecule has 0 aliphatic carbocycles. The van der Waals surface area contributed by atoms with Gasteiger partial charge in [0.1, 0.15) is 0 Å². The van der Waals surface area contributed by atoms with E-state index in [1.54, 1.807) is 37.4 Å². The van der Waals surface area contributed by atoms with Crippen molar-refractivity contribution >= 4 is 27.5 Å². The van der Waals surface area contributed by atoms with Crippen LogP contribution in [0.5, 0.6) is 0 Å². The van der Waals surface area contributed by atoms with E-state index in [0.717, 1.165) is 4.31 Å². The lowest BCUT2D eigenvalue weighted by Crippen LogP contribution is -2.27. The molecule has 0 bridgehead atoms. The molecule has 0 saturated heterocycles. The van der Waals surface area contributed by atoms with Crippen LogP contribution >= 0.6 is 11.6 Å². The Hall–Kier alpha value is -2.75. The normalized spacial score (nSPS) is 11.6. The first-order valence-corrected chi connectivity index (χ1v) is 10.4. The van der Waals surface area contributed by atoms with Gasteiger partial charge in [-0.1, -0.05) is 35.0 Å². The van der Waals surface area contributed by atoms with E-state index in [-0.39, 0.29) is 28.8 Å². The van der Waals surface area contributed by atoms with Gasteiger partial charge in [-0.05, 0) is 30.3 Å². The molecule has 2 aromatic carbocycles. The van der Waals surface area contributed by atoms with Crippen LogP contribution in [0.15, 0.2) is 57.9 Å². The maximum Gasteiger partial charge on any atom is 0.254 e. The predicted octanol–water partition coefficient (Wildman–Crippen LogP) is 2.91. The van der Waals surface area contributed by atoms with E-state index in [4.69, 9.17) is 16.1 Å². The van der Waals surface area contributed by atoms with E-state index < -0.39 is 10.0 Å². The molecular formula is C19H19ClN4O4S. The summed E-state index contributed by atoms with van der Waals surface area (Å²) in [5.41, 5.74) is 0.938. The first kappa shape index (κ1) is 21.0. The lowest BCUT2D eigenvalue weighted by atomic mass is 10.2. The highest BCUT2D eigenvalue weighted by molar-refractivity contribution is 7.89. The van der Waals surface area contributed by atoms with Gasteiger partial charge in [0.05, 0.1) is 11.4 Å². The van der Waals surface area contributed by atoms with Crippen molar-refractivity contribution in [2.24, 2.45) is 0 Å². The Balaban J connectivity index is 1.77. The standard InChI is InChI=1S/C19H19ClN4O4S/c1-23(2)29(26,27)16-9-5-7-14(11-16)19(25)24(3)12-17-21-18(22-28-17)13-6-4-8-15(20)10-13/h4-11H,12H2,1-3H3. The third-order valence-corrected chi connectivity index (χ3v) is 6.18. The molecule has 0 atom stereocenters. The summed E-state index contributed by atoms with van der Waals surface area (Å²) in [6.07, 6.45) is 0. The fraction of sp³-hybridized carbons (Fsp3) is 0.211. The van der Waals surface area contributed by atoms with Gasteiger partial charge in [-0.15, -0.1) is 0 Å². The number of aromatic nitrogens is 2. The average Bonchev–Trinajstić information content (AvgIpc) is 3.16. The van der Waals surface area contributed by atoms with Crippen molar-refractivity contribution in [3.8, 4) is 11.4 Å². The SMILES string of the molecule is CN(Cc1nc(-c2cccc(Cl)c2)no1)C(=O)c1cccc(S(=O)(=O)N(C)C)c1. The number of amides is 1. The van der Waals surface area contributed by atoms with Gasteiger partial charge < -0.3 is 9.42 Å². The summed E-state index contributed by atoms with van der Waals surface area (Å²) in [6, 6.07) is 12.9. The predicted molar refractivity (Wildman–Crippen MR) is 108 cm³/mol. The monoisotopic (exact) mass is 434 g/mol. The highest BCUT2D eigenvalue weighted by Crippen LogP contribution is 2.21. The van der Waals surface area contributed by atoms with Crippen LogP contribution in [-0.4, -0.2) is 54.8 Å². The van der Waals surface area contributed by atoms with Crippen LogP contribution in [0.25, 0.3) is 11.4 Å². The van der Waals surface area contributed by atoms with Crippen molar-refractivity contribution in [2.75, 3.05) is 21.1 Å². The molecular weight excluding hydrogens is 416 g/mol. The summed E-state index contributed by atoms with van der Waals surface area (Å²) in [7, 11) is 0.798. The second kappa shape index (κ2) is 8.32. The molecule has 3 aromatic rings. The number of benzene rings is 2. The van der Waals surface area contributed by atoms with Gasteiger partial charge in [0.2, 0.25) is 21.7 Å². The number of sulfonamides is 1. The second-order valence-electron chi connectivity index (χ2n) is 6.50. The first-order valence-electron chi connectivity index (χ1n) is 8.55. The quantitative estimate of drug-likeness (QED) is 0.591. The maximum absolute atomic E-state index is 12.7. The van der Waals surface area contributed by atoms with Crippen molar-refractivity contribution in [1.29, 1.82) is 0 Å². The van der Waals surface area contributed by atoms with Crippen LogP contribution in [0.4, 0.5) is 0 Å². The number of carbonyl (C=O) groups excluding carboxylic acids is 1. The fourth-order valence-corrected chi connectivity index (χ4v) is 3.70. The summed E-state index contributed by atoms with van der Waals surface area (Å²) < 4.78 is 30.9. The Morgan fingerprint density at radius 2 is 1.83 bits per heavy atom. The van der Waals surface area contributed by atoms with Gasteiger partial charge in [0, 0.05) is 37.3 Å². The molecule has 0 saturated carbocycles. The van der Waals surface area contributed by atoms with Crippen molar-refractivity contribution in [3.05, 3.63) is 65.0 Å². The van der Waals surface area contributed by atoms with E-state index in [9.17, 15) is 13.2 Å². The van der Waals surface area contributed by atoms with Crippen LogP contribution in [0.1, 0.15) is 16.2 Å². The Labute approximate surface area is 173 Å². The van der Waals surface area contributed by atoms with Gasteiger partial charge in [-0.3, -0.25) is 4.79 Å². The molecule has 10 heteroatoms. The molecule has 0 aliphatic rings. The third-order valence-electron chi connectivity index (χ3n) is 4.13. The van der Waals surface area contributed by atoms with E-state index >= 15 is 0 Å². The Morgan fingerprint density at radius 1 is 1.10 bits per heavy atom. The summed E-state index contributed by atoms with van der Waals surface area (Å²) in [4.78, 5) is 18.4. The fourth-order valence-electron chi connectivity index (χ4n) is 2.56. The minimum Gasteiger partial charge on any atom is -0.337 e. The molecule has 0 spiro atoms. The summed E-state index contributed by atoms with van der Waals surface area (Å²) in [5.74, 6) is 0.235. The zero-order chi connectivity index (χ0) is 21.2. The van der Waals surface area contributed by atoms with Crippen LogP contribution in [0, 0.1) is 0 Å². The van der Waals surface area contributed by atoms with Gasteiger partial charge in [-0.25, -0.2) is 12.7 Å².